The number of hydrogen-bond acceptors (Lipinski definition) is 5. The first-order valence-electron chi connectivity index (χ1n) is 8.48. The summed E-state index contributed by atoms with van der Waals surface area (Å²) in [6, 6.07) is 13.3. The molecule has 0 spiro atoms. The third kappa shape index (κ3) is 4.91. The molecule has 0 amide bonds. The second-order valence-electron chi connectivity index (χ2n) is 5.96. The smallest absolute Gasteiger partial charge is 0.229 e. The van der Waals surface area contributed by atoms with E-state index in [4.69, 9.17) is 4.74 Å². The van der Waals surface area contributed by atoms with E-state index in [2.05, 4.69) is 20.6 Å². The minimum atomic E-state index is -0.700. The van der Waals surface area contributed by atoms with Crippen molar-refractivity contribution in [2.24, 2.45) is 0 Å². The van der Waals surface area contributed by atoms with Gasteiger partial charge in [0.1, 0.15) is 28.9 Å². The second-order valence-corrected chi connectivity index (χ2v) is 5.96. The third-order valence-corrected chi connectivity index (χ3v) is 3.93. The minimum absolute atomic E-state index is 0.131. The highest BCUT2D eigenvalue weighted by Crippen LogP contribution is 2.22. The maximum Gasteiger partial charge on any atom is 0.229 e. The number of aromatic nitrogens is 2. The molecule has 0 fully saturated rings. The lowest BCUT2D eigenvalue weighted by Crippen LogP contribution is -2.09. The van der Waals surface area contributed by atoms with Gasteiger partial charge in [0.15, 0.2) is 0 Å². The van der Waals surface area contributed by atoms with Crippen LogP contribution in [0, 0.1) is 18.6 Å². The molecule has 0 aliphatic heterocycles. The monoisotopic (exact) mass is 370 g/mol. The highest BCUT2D eigenvalue weighted by Gasteiger charge is 2.11. The Labute approximate surface area is 156 Å². The first-order chi connectivity index (χ1) is 13.0. The van der Waals surface area contributed by atoms with Crippen molar-refractivity contribution in [2.75, 3.05) is 24.3 Å². The van der Waals surface area contributed by atoms with Gasteiger partial charge in [-0.1, -0.05) is 18.2 Å². The fourth-order valence-corrected chi connectivity index (χ4v) is 2.57. The SMILES string of the molecule is COc1ccc(CCNc2cc(C)nc(Nc3c(F)cccc3F)n2)cc1. The minimum Gasteiger partial charge on any atom is -0.497 e. The summed E-state index contributed by atoms with van der Waals surface area (Å²) in [5, 5.41) is 5.82. The molecule has 0 saturated heterocycles. The molecule has 1 heterocycles. The number of rotatable bonds is 7. The van der Waals surface area contributed by atoms with Crippen molar-refractivity contribution in [3.8, 4) is 5.75 Å². The van der Waals surface area contributed by atoms with Crippen LogP contribution in [0.4, 0.5) is 26.2 Å². The van der Waals surface area contributed by atoms with Crippen LogP contribution in [0.3, 0.4) is 0 Å². The number of para-hydroxylation sites is 1. The largest absolute Gasteiger partial charge is 0.497 e. The third-order valence-electron chi connectivity index (χ3n) is 3.93. The summed E-state index contributed by atoms with van der Waals surface area (Å²) in [6.07, 6.45) is 0.789. The predicted molar refractivity (Wildman–Crippen MR) is 102 cm³/mol. The quantitative estimate of drug-likeness (QED) is 0.643. The number of aryl methyl sites for hydroxylation is 1. The molecule has 0 bridgehead atoms. The molecule has 0 aliphatic carbocycles. The van der Waals surface area contributed by atoms with Gasteiger partial charge in [0, 0.05) is 18.3 Å². The van der Waals surface area contributed by atoms with E-state index in [9.17, 15) is 8.78 Å². The fourth-order valence-electron chi connectivity index (χ4n) is 2.57. The van der Waals surface area contributed by atoms with Gasteiger partial charge in [-0.15, -0.1) is 0 Å². The van der Waals surface area contributed by atoms with Crippen molar-refractivity contribution in [3.63, 3.8) is 0 Å². The number of nitrogens with one attached hydrogen (secondary N) is 2. The number of methoxy groups -OCH3 is 1. The summed E-state index contributed by atoms with van der Waals surface area (Å²) in [6.45, 7) is 2.44. The summed E-state index contributed by atoms with van der Waals surface area (Å²) in [4.78, 5) is 8.47. The highest BCUT2D eigenvalue weighted by molar-refractivity contribution is 5.56. The molecule has 1 aromatic heterocycles. The van der Waals surface area contributed by atoms with E-state index in [1.165, 1.54) is 18.2 Å². The molecule has 5 nitrogen and oxygen atoms in total. The molecule has 0 saturated carbocycles. The summed E-state index contributed by atoms with van der Waals surface area (Å²) in [5.74, 6) is 0.124. The summed E-state index contributed by atoms with van der Waals surface area (Å²) in [7, 11) is 1.63. The summed E-state index contributed by atoms with van der Waals surface area (Å²) in [5.41, 5.74) is 1.56. The fraction of sp³-hybridized carbons (Fsp3) is 0.200. The van der Waals surface area contributed by atoms with E-state index in [1.54, 1.807) is 20.1 Å². The van der Waals surface area contributed by atoms with Gasteiger partial charge in [-0.2, -0.15) is 4.98 Å². The van der Waals surface area contributed by atoms with Crippen molar-refractivity contribution in [2.45, 2.75) is 13.3 Å². The van der Waals surface area contributed by atoms with Gasteiger partial charge < -0.3 is 15.4 Å². The second kappa shape index (κ2) is 8.44. The molecule has 2 aromatic carbocycles. The van der Waals surface area contributed by atoms with Crippen molar-refractivity contribution in [3.05, 3.63) is 71.4 Å². The van der Waals surface area contributed by atoms with Crippen LogP contribution in [0.2, 0.25) is 0 Å². The first-order valence-corrected chi connectivity index (χ1v) is 8.48. The van der Waals surface area contributed by atoms with E-state index in [1.807, 2.05) is 24.3 Å². The molecule has 0 aliphatic rings. The Bertz CT molecular complexity index is 896. The van der Waals surface area contributed by atoms with Crippen LogP contribution in [0.25, 0.3) is 0 Å². The van der Waals surface area contributed by atoms with Crippen LogP contribution in [0.15, 0.2) is 48.5 Å². The molecule has 0 unspecified atom stereocenters. The average molecular weight is 370 g/mol. The molecular weight excluding hydrogens is 350 g/mol. The Morgan fingerprint density at radius 2 is 1.70 bits per heavy atom. The van der Waals surface area contributed by atoms with Crippen molar-refractivity contribution in [1.82, 2.24) is 9.97 Å². The van der Waals surface area contributed by atoms with Crippen molar-refractivity contribution < 1.29 is 13.5 Å². The van der Waals surface area contributed by atoms with Gasteiger partial charge in [-0.3, -0.25) is 0 Å². The van der Waals surface area contributed by atoms with Crippen LogP contribution in [-0.2, 0) is 6.42 Å². The van der Waals surface area contributed by atoms with E-state index < -0.39 is 11.6 Å². The zero-order valence-corrected chi connectivity index (χ0v) is 15.1. The molecule has 140 valence electrons. The van der Waals surface area contributed by atoms with Crippen LogP contribution < -0.4 is 15.4 Å². The highest BCUT2D eigenvalue weighted by atomic mass is 19.1. The van der Waals surface area contributed by atoms with Gasteiger partial charge >= 0.3 is 0 Å². The van der Waals surface area contributed by atoms with Gasteiger partial charge in [-0.05, 0) is 43.2 Å². The number of hydrogen-bond donors (Lipinski definition) is 2. The lowest BCUT2D eigenvalue weighted by Gasteiger charge is -2.11. The van der Waals surface area contributed by atoms with E-state index in [0.717, 1.165) is 17.7 Å². The number of ether oxygens (including phenoxy) is 1. The molecule has 0 radical (unpaired) electrons. The van der Waals surface area contributed by atoms with Crippen molar-refractivity contribution in [1.29, 1.82) is 0 Å². The zero-order chi connectivity index (χ0) is 19.2. The zero-order valence-electron chi connectivity index (χ0n) is 15.1. The maximum absolute atomic E-state index is 13.8. The maximum atomic E-state index is 13.8. The Balaban J connectivity index is 1.66. The molecular formula is C20H20F2N4O. The molecule has 27 heavy (non-hydrogen) atoms. The van der Waals surface area contributed by atoms with Crippen LogP contribution in [0.1, 0.15) is 11.3 Å². The summed E-state index contributed by atoms with van der Waals surface area (Å²) < 4.78 is 32.7. The Morgan fingerprint density at radius 3 is 2.37 bits per heavy atom. The molecule has 3 aromatic rings. The predicted octanol–water partition coefficient (Wildman–Crippen LogP) is 4.47. The number of halogens is 2. The average Bonchev–Trinajstić information content (AvgIpc) is 2.65. The van der Waals surface area contributed by atoms with Crippen LogP contribution in [0.5, 0.6) is 5.75 Å². The lowest BCUT2D eigenvalue weighted by molar-refractivity contribution is 0.414. The van der Waals surface area contributed by atoms with Gasteiger partial charge in [0.25, 0.3) is 0 Å². The normalized spacial score (nSPS) is 10.5. The Hall–Kier alpha value is -3.22. The van der Waals surface area contributed by atoms with Crippen molar-refractivity contribution >= 4 is 17.5 Å². The topological polar surface area (TPSA) is 59.1 Å². The summed E-state index contributed by atoms with van der Waals surface area (Å²) >= 11 is 0. The van der Waals surface area contributed by atoms with E-state index >= 15 is 0 Å². The number of benzene rings is 2. The number of nitrogens with zero attached hydrogens (tertiary/aromatic N) is 2. The molecule has 0 atom stereocenters. The lowest BCUT2D eigenvalue weighted by atomic mass is 10.1. The van der Waals surface area contributed by atoms with Gasteiger partial charge in [0.2, 0.25) is 5.95 Å². The van der Waals surface area contributed by atoms with Crippen LogP contribution in [-0.4, -0.2) is 23.6 Å². The number of anilines is 3. The van der Waals surface area contributed by atoms with E-state index in [-0.39, 0.29) is 11.6 Å². The molecule has 2 N–H and O–H groups in total. The van der Waals surface area contributed by atoms with E-state index in [0.29, 0.717) is 18.1 Å². The first kappa shape index (κ1) is 18.6. The standard InChI is InChI=1S/C20H20F2N4O/c1-13-12-18(23-11-10-14-6-8-15(27-2)9-7-14)25-20(24-13)26-19-16(21)4-3-5-17(19)22/h3-9,12H,10-11H2,1-2H3,(H2,23,24,25,26). The Morgan fingerprint density at radius 1 is 1.00 bits per heavy atom. The molecule has 3 rings (SSSR count). The molecule has 7 heteroatoms. The van der Waals surface area contributed by atoms with Gasteiger partial charge in [0.05, 0.1) is 7.11 Å². The Kier molecular flexibility index (Phi) is 5.80. The van der Waals surface area contributed by atoms with Gasteiger partial charge in [-0.25, -0.2) is 13.8 Å². The van der Waals surface area contributed by atoms with Crippen LogP contribution >= 0.6 is 0 Å².